The van der Waals surface area contributed by atoms with Crippen molar-refractivity contribution in [2.75, 3.05) is 5.32 Å². The van der Waals surface area contributed by atoms with Gasteiger partial charge < -0.3 is 5.32 Å². The van der Waals surface area contributed by atoms with Crippen molar-refractivity contribution >= 4 is 22.4 Å². The molecule has 1 aliphatic rings. The fraction of sp³-hybridized carbons (Fsp3) is 0.583. The van der Waals surface area contributed by atoms with Crippen LogP contribution in [0.4, 0.5) is 5.13 Å². The van der Waals surface area contributed by atoms with Crippen molar-refractivity contribution in [3.63, 3.8) is 0 Å². The summed E-state index contributed by atoms with van der Waals surface area (Å²) in [6.45, 7) is 3.79. The summed E-state index contributed by atoms with van der Waals surface area (Å²) in [7, 11) is 0. The predicted molar refractivity (Wildman–Crippen MR) is 66.5 cm³/mol. The molecular weight excluding hydrogens is 220 g/mol. The second kappa shape index (κ2) is 4.95. The van der Waals surface area contributed by atoms with Gasteiger partial charge in [-0.15, -0.1) is 11.3 Å². The second-order valence-electron chi connectivity index (χ2n) is 4.43. The van der Waals surface area contributed by atoms with Crippen molar-refractivity contribution in [2.45, 2.75) is 39.0 Å². The third-order valence-corrected chi connectivity index (χ3v) is 3.82. The SMILES string of the molecule is CC(=O)Nc1nc(C2[CH]CCCC2C)cs1. The molecule has 1 aromatic rings. The third-order valence-electron chi connectivity index (χ3n) is 3.04. The molecule has 1 N–H and O–H groups in total. The monoisotopic (exact) mass is 237 g/mol. The highest BCUT2D eigenvalue weighted by Gasteiger charge is 2.25. The van der Waals surface area contributed by atoms with E-state index in [1.54, 1.807) is 0 Å². The van der Waals surface area contributed by atoms with Gasteiger partial charge in [-0.05, 0) is 18.8 Å². The van der Waals surface area contributed by atoms with Crippen LogP contribution in [0.5, 0.6) is 0 Å². The molecule has 3 nitrogen and oxygen atoms in total. The number of hydrogen-bond donors (Lipinski definition) is 1. The molecule has 1 saturated carbocycles. The first kappa shape index (κ1) is 11.6. The van der Waals surface area contributed by atoms with Crippen LogP contribution in [0.1, 0.15) is 44.7 Å². The Bertz CT molecular complexity index is 375. The van der Waals surface area contributed by atoms with Crippen molar-refractivity contribution in [2.24, 2.45) is 5.92 Å². The summed E-state index contributed by atoms with van der Waals surface area (Å²) in [6, 6.07) is 0. The average Bonchev–Trinajstić information content (AvgIpc) is 2.66. The fourth-order valence-corrected chi connectivity index (χ4v) is 3.01. The molecule has 2 atom stereocenters. The second-order valence-corrected chi connectivity index (χ2v) is 5.29. The van der Waals surface area contributed by atoms with Crippen LogP contribution < -0.4 is 5.32 Å². The van der Waals surface area contributed by atoms with Crippen LogP contribution >= 0.6 is 11.3 Å². The maximum atomic E-state index is 10.9. The van der Waals surface area contributed by atoms with Gasteiger partial charge in [0.05, 0.1) is 5.69 Å². The predicted octanol–water partition coefficient (Wildman–Crippen LogP) is 3.21. The van der Waals surface area contributed by atoms with E-state index in [0.29, 0.717) is 17.0 Å². The lowest BCUT2D eigenvalue weighted by molar-refractivity contribution is -0.114. The lowest BCUT2D eigenvalue weighted by Gasteiger charge is -2.26. The van der Waals surface area contributed by atoms with Gasteiger partial charge in [0, 0.05) is 18.2 Å². The minimum Gasteiger partial charge on any atom is -0.302 e. The van der Waals surface area contributed by atoms with Gasteiger partial charge in [-0.25, -0.2) is 4.98 Å². The van der Waals surface area contributed by atoms with E-state index in [2.05, 4.69) is 29.0 Å². The molecular formula is C12H17N2OS. The molecule has 0 aromatic carbocycles. The number of hydrogen-bond acceptors (Lipinski definition) is 3. The van der Waals surface area contributed by atoms with Crippen LogP contribution in [0.3, 0.4) is 0 Å². The highest BCUT2D eigenvalue weighted by molar-refractivity contribution is 7.13. The smallest absolute Gasteiger partial charge is 0.223 e. The molecule has 1 fully saturated rings. The number of rotatable bonds is 2. The van der Waals surface area contributed by atoms with Crippen molar-refractivity contribution < 1.29 is 4.79 Å². The van der Waals surface area contributed by atoms with Gasteiger partial charge in [-0.1, -0.05) is 19.8 Å². The van der Waals surface area contributed by atoms with E-state index in [4.69, 9.17) is 0 Å². The van der Waals surface area contributed by atoms with Crippen molar-refractivity contribution in [3.8, 4) is 0 Å². The minimum absolute atomic E-state index is 0.0541. The number of aromatic nitrogens is 1. The highest BCUT2D eigenvalue weighted by atomic mass is 32.1. The summed E-state index contributed by atoms with van der Waals surface area (Å²) < 4.78 is 0. The van der Waals surface area contributed by atoms with E-state index in [0.717, 1.165) is 5.69 Å². The number of carbonyl (C=O) groups excluding carboxylic acids is 1. The number of nitrogens with zero attached hydrogens (tertiary/aromatic N) is 1. The molecule has 1 aromatic heterocycles. The Kier molecular flexibility index (Phi) is 3.59. The maximum absolute atomic E-state index is 10.9. The summed E-state index contributed by atoms with van der Waals surface area (Å²) in [6.07, 6.45) is 6.11. The molecule has 16 heavy (non-hydrogen) atoms. The largest absolute Gasteiger partial charge is 0.302 e. The zero-order valence-corrected chi connectivity index (χ0v) is 10.5. The Morgan fingerprint density at radius 1 is 1.62 bits per heavy atom. The fourth-order valence-electron chi connectivity index (χ4n) is 2.21. The van der Waals surface area contributed by atoms with E-state index >= 15 is 0 Å². The molecule has 1 heterocycles. The zero-order valence-electron chi connectivity index (χ0n) is 9.69. The van der Waals surface area contributed by atoms with E-state index in [9.17, 15) is 4.79 Å². The van der Waals surface area contributed by atoms with Crippen LogP contribution in [0.15, 0.2) is 5.38 Å². The molecule has 87 valence electrons. The molecule has 0 saturated heterocycles. The molecule has 1 aliphatic carbocycles. The number of nitrogens with one attached hydrogen (secondary N) is 1. The Hall–Kier alpha value is -0.900. The number of thiazole rings is 1. The van der Waals surface area contributed by atoms with Crippen LogP contribution in [-0.2, 0) is 4.79 Å². The van der Waals surface area contributed by atoms with Gasteiger partial charge in [-0.2, -0.15) is 0 Å². The summed E-state index contributed by atoms with van der Waals surface area (Å²) in [5.74, 6) is 1.08. The first-order valence-electron chi connectivity index (χ1n) is 5.73. The molecule has 2 rings (SSSR count). The van der Waals surface area contributed by atoms with Crippen LogP contribution in [0.2, 0.25) is 0 Å². The molecule has 2 unspecified atom stereocenters. The third kappa shape index (κ3) is 2.61. The zero-order chi connectivity index (χ0) is 11.5. The Morgan fingerprint density at radius 2 is 2.44 bits per heavy atom. The average molecular weight is 237 g/mol. The minimum atomic E-state index is -0.0541. The lowest BCUT2D eigenvalue weighted by Crippen LogP contribution is -2.16. The van der Waals surface area contributed by atoms with E-state index in [1.165, 1.54) is 37.5 Å². The van der Waals surface area contributed by atoms with Crippen molar-refractivity contribution in [1.82, 2.24) is 4.98 Å². The van der Waals surface area contributed by atoms with Gasteiger partial charge in [0.1, 0.15) is 0 Å². The van der Waals surface area contributed by atoms with E-state index < -0.39 is 0 Å². The summed E-state index contributed by atoms with van der Waals surface area (Å²) in [4.78, 5) is 15.4. The number of carbonyl (C=O) groups is 1. The lowest BCUT2D eigenvalue weighted by atomic mass is 9.79. The van der Waals surface area contributed by atoms with Gasteiger partial charge in [0.25, 0.3) is 0 Å². The topological polar surface area (TPSA) is 42.0 Å². The summed E-state index contributed by atoms with van der Waals surface area (Å²) in [5.41, 5.74) is 1.11. The maximum Gasteiger partial charge on any atom is 0.223 e. The van der Waals surface area contributed by atoms with Gasteiger partial charge in [0.2, 0.25) is 5.91 Å². The van der Waals surface area contributed by atoms with Crippen molar-refractivity contribution in [3.05, 3.63) is 17.5 Å². The number of anilines is 1. The molecule has 0 spiro atoms. The Morgan fingerprint density at radius 3 is 3.12 bits per heavy atom. The molecule has 1 amide bonds. The van der Waals surface area contributed by atoms with Gasteiger partial charge >= 0.3 is 0 Å². The van der Waals surface area contributed by atoms with Crippen LogP contribution in [0.25, 0.3) is 0 Å². The van der Waals surface area contributed by atoms with Crippen LogP contribution in [-0.4, -0.2) is 10.9 Å². The molecule has 4 heteroatoms. The molecule has 0 bridgehead atoms. The summed E-state index contributed by atoms with van der Waals surface area (Å²) >= 11 is 1.51. The molecule has 1 radical (unpaired) electrons. The van der Waals surface area contributed by atoms with Gasteiger partial charge in [-0.3, -0.25) is 4.79 Å². The summed E-state index contributed by atoms with van der Waals surface area (Å²) in [5, 5.41) is 5.51. The standard InChI is InChI=1S/C12H17N2OS/c1-8-5-3-4-6-10(8)11-7-16-12(14-11)13-9(2)15/h6-8,10H,3-5H2,1-2H3,(H,13,14,15). The van der Waals surface area contributed by atoms with Gasteiger partial charge in [0.15, 0.2) is 5.13 Å². The first-order chi connectivity index (χ1) is 7.66. The number of amides is 1. The van der Waals surface area contributed by atoms with E-state index in [1.807, 2.05) is 0 Å². The van der Waals surface area contributed by atoms with Crippen LogP contribution in [0, 0.1) is 12.3 Å². The molecule has 0 aliphatic heterocycles. The highest BCUT2D eigenvalue weighted by Crippen LogP contribution is 2.37. The quantitative estimate of drug-likeness (QED) is 0.858. The first-order valence-corrected chi connectivity index (χ1v) is 6.61. The van der Waals surface area contributed by atoms with Crippen molar-refractivity contribution in [1.29, 1.82) is 0 Å². The Labute approximate surface area is 100 Å². The normalized spacial score (nSPS) is 25.4. The Balaban J connectivity index is 2.08. The van der Waals surface area contributed by atoms with E-state index in [-0.39, 0.29) is 5.91 Å².